The van der Waals surface area contributed by atoms with Crippen molar-refractivity contribution in [2.75, 3.05) is 20.3 Å². The minimum atomic E-state index is -0.255. The molecule has 1 N–H and O–H groups in total. The Morgan fingerprint density at radius 1 is 1.45 bits per heavy atom. The van der Waals surface area contributed by atoms with Crippen molar-refractivity contribution in [3.63, 3.8) is 0 Å². The Labute approximate surface area is 114 Å². The highest BCUT2D eigenvalue weighted by atomic mass is 16.5. The fraction of sp³-hybridized carbons (Fsp3) is 0.364. The molecule has 0 aliphatic heterocycles. The van der Waals surface area contributed by atoms with Crippen LogP contribution in [0.25, 0.3) is 5.82 Å². The monoisotopic (exact) mass is 278 g/mol. The lowest BCUT2D eigenvalue weighted by atomic mass is 10.5. The third-order valence-corrected chi connectivity index (χ3v) is 2.43. The van der Waals surface area contributed by atoms with Crippen LogP contribution >= 0.6 is 0 Å². The number of methoxy groups -OCH3 is 1. The van der Waals surface area contributed by atoms with Crippen LogP contribution in [0.4, 0.5) is 0 Å². The lowest BCUT2D eigenvalue weighted by molar-refractivity contribution is -0.124. The predicted octanol–water partition coefficient (Wildman–Crippen LogP) is -1.41. The van der Waals surface area contributed by atoms with Crippen molar-refractivity contribution >= 4 is 5.91 Å². The first-order chi connectivity index (χ1) is 9.70. The quantitative estimate of drug-likeness (QED) is 0.696. The summed E-state index contributed by atoms with van der Waals surface area (Å²) in [6.07, 6.45) is 2.86. The Morgan fingerprint density at radius 2 is 2.30 bits per heavy atom. The number of rotatable bonds is 6. The smallest absolute Gasteiger partial charge is 0.266 e. The zero-order valence-corrected chi connectivity index (χ0v) is 10.9. The number of carbonyl (C=O) groups excluding carboxylic acids is 1. The Hall–Kier alpha value is -2.55. The number of hydrogen-bond donors (Lipinski definition) is 1. The molecule has 106 valence electrons. The number of carbonyl (C=O) groups is 1. The van der Waals surface area contributed by atoms with E-state index in [1.165, 1.54) is 35.2 Å². The van der Waals surface area contributed by atoms with E-state index in [1.54, 1.807) is 6.07 Å². The molecule has 9 heteroatoms. The first-order valence-corrected chi connectivity index (χ1v) is 5.89. The Balaban J connectivity index is 2.02. The summed E-state index contributed by atoms with van der Waals surface area (Å²) < 4.78 is 7.38. The van der Waals surface area contributed by atoms with Crippen LogP contribution in [0.1, 0.15) is 0 Å². The minimum absolute atomic E-state index is 0.0126. The molecule has 0 saturated carbocycles. The van der Waals surface area contributed by atoms with Crippen molar-refractivity contribution in [2.24, 2.45) is 0 Å². The molecule has 2 aromatic heterocycles. The molecule has 0 aliphatic rings. The van der Waals surface area contributed by atoms with E-state index in [0.29, 0.717) is 5.82 Å². The van der Waals surface area contributed by atoms with Crippen LogP contribution in [0.3, 0.4) is 0 Å². The summed E-state index contributed by atoms with van der Waals surface area (Å²) in [5.74, 6) is 0.235. The molecule has 9 nitrogen and oxygen atoms in total. The van der Waals surface area contributed by atoms with Gasteiger partial charge < -0.3 is 10.1 Å². The van der Waals surface area contributed by atoms with Gasteiger partial charge in [0, 0.05) is 19.7 Å². The standard InChI is InChI=1S/C11H14N6O3/c1-20-6-10(18)13-4-5-16-11(19)3-2-9(15-16)17-8-12-7-14-17/h2-3,7-8H,4-6H2,1H3,(H,13,18). The molecule has 0 unspecified atom stereocenters. The Kier molecular flexibility index (Phi) is 4.56. The van der Waals surface area contributed by atoms with Gasteiger partial charge in [-0.1, -0.05) is 0 Å². The first-order valence-electron chi connectivity index (χ1n) is 5.89. The molecule has 0 radical (unpaired) electrons. The Bertz CT molecular complexity index is 621. The van der Waals surface area contributed by atoms with Gasteiger partial charge in [0.2, 0.25) is 5.91 Å². The lowest BCUT2D eigenvalue weighted by Gasteiger charge is -2.07. The third-order valence-electron chi connectivity index (χ3n) is 2.43. The zero-order chi connectivity index (χ0) is 14.4. The van der Waals surface area contributed by atoms with Gasteiger partial charge >= 0.3 is 0 Å². The van der Waals surface area contributed by atoms with Gasteiger partial charge in [0.1, 0.15) is 19.3 Å². The number of nitrogens with zero attached hydrogens (tertiary/aromatic N) is 5. The third kappa shape index (κ3) is 3.48. The molecule has 20 heavy (non-hydrogen) atoms. The molecular formula is C11H14N6O3. The van der Waals surface area contributed by atoms with E-state index in [0.717, 1.165) is 0 Å². The van der Waals surface area contributed by atoms with E-state index in [1.807, 2.05) is 0 Å². The average molecular weight is 278 g/mol. The minimum Gasteiger partial charge on any atom is -0.375 e. The normalized spacial score (nSPS) is 10.4. The second kappa shape index (κ2) is 6.57. The van der Waals surface area contributed by atoms with E-state index in [-0.39, 0.29) is 31.2 Å². The molecule has 0 saturated heterocycles. The number of amides is 1. The van der Waals surface area contributed by atoms with Gasteiger partial charge in [-0.3, -0.25) is 9.59 Å². The first kappa shape index (κ1) is 13.9. The van der Waals surface area contributed by atoms with Crippen LogP contribution in [-0.4, -0.2) is 50.7 Å². The van der Waals surface area contributed by atoms with Crippen molar-refractivity contribution in [2.45, 2.75) is 6.54 Å². The SMILES string of the molecule is COCC(=O)NCCn1nc(-n2cncn2)ccc1=O. The van der Waals surface area contributed by atoms with Crippen LogP contribution in [0.5, 0.6) is 0 Å². The van der Waals surface area contributed by atoms with Crippen molar-refractivity contribution in [3.8, 4) is 5.82 Å². The molecule has 2 rings (SSSR count). The fourth-order valence-corrected chi connectivity index (χ4v) is 1.53. The van der Waals surface area contributed by atoms with E-state index in [2.05, 4.69) is 25.2 Å². The van der Waals surface area contributed by atoms with Gasteiger partial charge in [-0.05, 0) is 6.07 Å². The molecule has 0 bridgehead atoms. The summed E-state index contributed by atoms with van der Waals surface area (Å²) in [7, 11) is 1.44. The van der Waals surface area contributed by atoms with Crippen molar-refractivity contribution in [1.82, 2.24) is 29.9 Å². The predicted molar refractivity (Wildman–Crippen MR) is 68.3 cm³/mol. The van der Waals surface area contributed by atoms with Crippen LogP contribution in [0, 0.1) is 0 Å². The molecule has 2 aromatic rings. The highest BCUT2D eigenvalue weighted by Crippen LogP contribution is 1.96. The Morgan fingerprint density at radius 3 is 3.00 bits per heavy atom. The van der Waals surface area contributed by atoms with Crippen LogP contribution in [0.15, 0.2) is 29.6 Å². The second-order valence-electron chi connectivity index (χ2n) is 3.88. The lowest BCUT2D eigenvalue weighted by Crippen LogP contribution is -2.33. The van der Waals surface area contributed by atoms with E-state index < -0.39 is 0 Å². The van der Waals surface area contributed by atoms with Gasteiger partial charge in [0.05, 0.1) is 6.54 Å². The highest BCUT2D eigenvalue weighted by molar-refractivity contribution is 5.77. The maximum absolute atomic E-state index is 11.7. The summed E-state index contributed by atoms with van der Waals surface area (Å²) in [6.45, 7) is 0.536. The van der Waals surface area contributed by atoms with Crippen molar-refractivity contribution in [3.05, 3.63) is 35.1 Å². The van der Waals surface area contributed by atoms with Gasteiger partial charge in [-0.15, -0.1) is 5.10 Å². The molecule has 0 aromatic carbocycles. The molecule has 2 heterocycles. The molecule has 0 aliphatic carbocycles. The molecule has 0 fully saturated rings. The van der Waals surface area contributed by atoms with Crippen LogP contribution < -0.4 is 10.9 Å². The molecular weight excluding hydrogens is 264 g/mol. The fourth-order valence-electron chi connectivity index (χ4n) is 1.53. The van der Waals surface area contributed by atoms with Crippen molar-refractivity contribution < 1.29 is 9.53 Å². The van der Waals surface area contributed by atoms with E-state index in [4.69, 9.17) is 0 Å². The maximum Gasteiger partial charge on any atom is 0.266 e. The number of nitrogens with one attached hydrogen (secondary N) is 1. The zero-order valence-electron chi connectivity index (χ0n) is 10.9. The van der Waals surface area contributed by atoms with Gasteiger partial charge in [0.15, 0.2) is 5.82 Å². The molecule has 0 atom stereocenters. The topological polar surface area (TPSA) is 104 Å². The number of hydrogen-bond acceptors (Lipinski definition) is 6. The summed E-state index contributed by atoms with van der Waals surface area (Å²) in [5, 5.41) is 10.7. The second-order valence-corrected chi connectivity index (χ2v) is 3.88. The summed E-state index contributed by atoms with van der Waals surface area (Å²) >= 11 is 0. The summed E-state index contributed by atoms with van der Waals surface area (Å²) in [5.41, 5.74) is -0.255. The summed E-state index contributed by atoms with van der Waals surface area (Å²) in [4.78, 5) is 26.7. The summed E-state index contributed by atoms with van der Waals surface area (Å²) in [6, 6.07) is 2.94. The maximum atomic E-state index is 11.7. The average Bonchev–Trinajstić information content (AvgIpc) is 2.95. The van der Waals surface area contributed by atoms with Crippen molar-refractivity contribution in [1.29, 1.82) is 0 Å². The number of ether oxygens (including phenoxy) is 1. The van der Waals surface area contributed by atoms with Gasteiger partial charge in [-0.25, -0.2) is 14.3 Å². The van der Waals surface area contributed by atoms with Gasteiger partial charge in [-0.2, -0.15) is 5.10 Å². The van der Waals surface area contributed by atoms with Crippen LogP contribution in [-0.2, 0) is 16.1 Å². The van der Waals surface area contributed by atoms with E-state index >= 15 is 0 Å². The van der Waals surface area contributed by atoms with Crippen LogP contribution in [0.2, 0.25) is 0 Å². The van der Waals surface area contributed by atoms with Gasteiger partial charge in [0.25, 0.3) is 5.56 Å². The number of aromatic nitrogens is 5. The van der Waals surface area contributed by atoms with E-state index in [9.17, 15) is 9.59 Å². The highest BCUT2D eigenvalue weighted by Gasteiger charge is 2.04. The largest absolute Gasteiger partial charge is 0.375 e. The molecule has 0 spiro atoms. The molecule has 1 amide bonds.